The Morgan fingerprint density at radius 3 is 1.97 bits per heavy atom. The molecule has 7 aromatic carbocycles. The summed E-state index contributed by atoms with van der Waals surface area (Å²) in [6.07, 6.45) is 0. The van der Waals surface area contributed by atoms with Crippen LogP contribution in [0.25, 0.3) is 59.1 Å². The molecule has 0 aliphatic carbocycles. The smallest absolute Gasteiger partial charge is 0.339 e. The standard InChI is InChI=1S/C41H28N4O12S5/c1-23-7-13-28(14-8-23)61(50,51)54-35-22-34(45-43-38-30-17-12-27(59-57-56-46)19-26(30)20-37(39(38)44-45)60(47,48)49)36(55-62(52,53)29-15-9-24(2)10-16-29)21-32(35)41-42-33-18-11-25-5-3-4-6-31(25)40(33)58-41/h3-22,46H,1-2H3,(H,47,48,49). The van der Waals surface area contributed by atoms with Crippen molar-refractivity contribution in [1.82, 2.24) is 20.0 Å². The van der Waals surface area contributed by atoms with Crippen LogP contribution in [-0.2, 0) is 39.7 Å². The van der Waals surface area contributed by atoms with Crippen LogP contribution < -0.4 is 8.37 Å². The van der Waals surface area contributed by atoms with Crippen molar-refractivity contribution in [1.29, 1.82) is 0 Å². The number of fused-ring (bicyclic) bond motifs is 6. The number of nitrogens with zero attached hydrogens (tertiary/aromatic N) is 4. The summed E-state index contributed by atoms with van der Waals surface area (Å²) in [5, 5.41) is 23.9. The second-order valence-electron chi connectivity index (χ2n) is 13.8. The van der Waals surface area contributed by atoms with Gasteiger partial charge in [0.15, 0.2) is 11.5 Å². The Bertz CT molecular complexity index is 3600. The Morgan fingerprint density at radius 1 is 0.661 bits per heavy atom. The van der Waals surface area contributed by atoms with Crippen LogP contribution in [0.4, 0.5) is 0 Å². The number of thiazole rings is 1. The van der Waals surface area contributed by atoms with E-state index in [1.807, 2.05) is 30.3 Å². The zero-order valence-corrected chi connectivity index (χ0v) is 35.9. The number of benzene rings is 7. The van der Waals surface area contributed by atoms with Gasteiger partial charge in [-0.2, -0.15) is 25.3 Å². The third-order valence-electron chi connectivity index (χ3n) is 9.66. The number of hydrogen-bond acceptors (Lipinski definition) is 16. The summed E-state index contributed by atoms with van der Waals surface area (Å²) >= 11 is 1.81. The molecule has 21 heteroatoms. The van der Waals surface area contributed by atoms with Gasteiger partial charge < -0.3 is 8.37 Å². The van der Waals surface area contributed by atoms with E-state index in [1.54, 1.807) is 44.2 Å². The Hall–Kier alpha value is -6.01. The monoisotopic (exact) mass is 928 g/mol. The maximum absolute atomic E-state index is 14.0. The van der Waals surface area contributed by atoms with Crippen LogP contribution in [0.15, 0.2) is 141 Å². The molecular formula is C41H28N4O12S5. The van der Waals surface area contributed by atoms with Crippen molar-refractivity contribution in [2.45, 2.75) is 33.4 Å². The van der Waals surface area contributed by atoms with E-state index in [-0.39, 0.29) is 48.2 Å². The van der Waals surface area contributed by atoms with Crippen molar-refractivity contribution in [3.8, 4) is 27.8 Å². The van der Waals surface area contributed by atoms with E-state index in [9.17, 15) is 29.8 Å². The maximum atomic E-state index is 14.0. The lowest BCUT2D eigenvalue weighted by molar-refractivity contribution is -0.432. The van der Waals surface area contributed by atoms with Crippen LogP contribution >= 0.6 is 23.4 Å². The van der Waals surface area contributed by atoms with E-state index in [1.165, 1.54) is 59.9 Å². The molecule has 62 heavy (non-hydrogen) atoms. The highest BCUT2D eigenvalue weighted by Crippen LogP contribution is 2.44. The van der Waals surface area contributed by atoms with Gasteiger partial charge >= 0.3 is 20.2 Å². The lowest BCUT2D eigenvalue weighted by atomic mass is 10.1. The van der Waals surface area contributed by atoms with Gasteiger partial charge in [-0.25, -0.2) is 10.2 Å². The van der Waals surface area contributed by atoms with Crippen molar-refractivity contribution < 1.29 is 52.8 Å². The third kappa shape index (κ3) is 7.85. The fourth-order valence-corrected chi connectivity index (χ4v) is 10.7. The topological polar surface area (TPSA) is 223 Å². The minimum absolute atomic E-state index is 0.0173. The van der Waals surface area contributed by atoms with E-state index >= 15 is 0 Å². The van der Waals surface area contributed by atoms with Crippen molar-refractivity contribution in [3.63, 3.8) is 0 Å². The van der Waals surface area contributed by atoms with Crippen molar-refractivity contribution in [3.05, 3.63) is 132 Å². The molecule has 0 bridgehead atoms. The highest BCUT2D eigenvalue weighted by molar-refractivity contribution is 7.94. The molecule has 9 aromatic rings. The Kier molecular flexibility index (Phi) is 10.5. The molecule has 0 fully saturated rings. The molecular weight excluding hydrogens is 901 g/mol. The first-order valence-corrected chi connectivity index (χ1v) is 23.8. The molecule has 0 saturated heterocycles. The van der Waals surface area contributed by atoms with Gasteiger partial charge in [0.1, 0.15) is 36.4 Å². The largest absolute Gasteiger partial charge is 0.378 e. The van der Waals surface area contributed by atoms with E-state index < -0.39 is 41.0 Å². The van der Waals surface area contributed by atoms with Gasteiger partial charge in [0.25, 0.3) is 10.1 Å². The summed E-state index contributed by atoms with van der Waals surface area (Å²) in [5.41, 5.74) is 1.44. The van der Waals surface area contributed by atoms with Crippen molar-refractivity contribution in [2.24, 2.45) is 0 Å². The van der Waals surface area contributed by atoms with Crippen LogP contribution in [-0.4, -0.2) is 55.0 Å². The first-order valence-electron chi connectivity index (χ1n) is 18.0. The Morgan fingerprint density at radius 2 is 1.31 bits per heavy atom. The predicted molar refractivity (Wildman–Crippen MR) is 231 cm³/mol. The summed E-state index contributed by atoms with van der Waals surface area (Å²) < 4.78 is 109. The average molecular weight is 929 g/mol. The van der Waals surface area contributed by atoms with E-state index in [0.717, 1.165) is 43.5 Å². The zero-order chi connectivity index (χ0) is 43.6. The summed E-state index contributed by atoms with van der Waals surface area (Å²) in [4.78, 5) is 4.96. The van der Waals surface area contributed by atoms with Gasteiger partial charge in [-0.05, 0) is 79.2 Å². The van der Waals surface area contributed by atoms with Crippen LogP contribution in [0.3, 0.4) is 0 Å². The molecule has 0 saturated carbocycles. The molecule has 9 rings (SSSR count). The summed E-state index contributed by atoms with van der Waals surface area (Å²) in [7, 11) is -14.2. The minimum Gasteiger partial charge on any atom is -0.378 e. The summed E-state index contributed by atoms with van der Waals surface area (Å²) in [6, 6.07) is 31.2. The van der Waals surface area contributed by atoms with Gasteiger partial charge in [-0.3, -0.25) is 4.55 Å². The normalized spacial score (nSPS) is 12.5. The van der Waals surface area contributed by atoms with Crippen LogP contribution in [0, 0.1) is 13.8 Å². The fraction of sp³-hybridized carbons (Fsp3) is 0.0488. The average Bonchev–Trinajstić information content (AvgIpc) is 3.88. The van der Waals surface area contributed by atoms with Gasteiger partial charge in [0.2, 0.25) is 0 Å². The summed E-state index contributed by atoms with van der Waals surface area (Å²) in [6.45, 7) is 3.57. The quantitative estimate of drug-likeness (QED) is 0.0384. The van der Waals surface area contributed by atoms with Gasteiger partial charge in [0, 0.05) is 21.7 Å². The second-order valence-corrected chi connectivity index (χ2v) is 20.1. The second kappa shape index (κ2) is 15.7. The Balaban J connectivity index is 1.32. The van der Waals surface area contributed by atoms with E-state index in [4.69, 9.17) is 18.6 Å². The van der Waals surface area contributed by atoms with Crippen LogP contribution in [0.5, 0.6) is 11.5 Å². The number of aromatic nitrogens is 4. The predicted octanol–water partition coefficient (Wildman–Crippen LogP) is 8.83. The molecule has 0 amide bonds. The van der Waals surface area contributed by atoms with Crippen molar-refractivity contribution >= 4 is 96.5 Å². The number of rotatable bonds is 12. The lowest BCUT2D eigenvalue weighted by Gasteiger charge is -2.16. The molecule has 0 aliphatic heterocycles. The number of aryl methyl sites for hydroxylation is 2. The van der Waals surface area contributed by atoms with Crippen molar-refractivity contribution in [2.75, 3.05) is 0 Å². The van der Waals surface area contributed by atoms with Gasteiger partial charge in [-0.1, -0.05) is 76.8 Å². The van der Waals surface area contributed by atoms with E-state index in [0.29, 0.717) is 27.8 Å². The highest BCUT2D eigenvalue weighted by Gasteiger charge is 2.29. The Labute approximate surface area is 361 Å². The minimum atomic E-state index is -4.99. The fourth-order valence-electron chi connectivity index (χ4n) is 6.67. The first kappa shape index (κ1) is 41.3. The molecule has 0 atom stereocenters. The maximum Gasteiger partial charge on any atom is 0.339 e. The molecule has 0 radical (unpaired) electrons. The SMILES string of the molecule is Cc1ccc(S(=O)(=O)Oc2cc(-n3nc4c(S(=O)(=O)O)cc5cc(SOOO)ccc5c4n3)c(OS(=O)(=O)c3ccc(C)cc3)cc2-c2nc3ccc4ccccc4c3s2)cc1. The highest BCUT2D eigenvalue weighted by atomic mass is 32.2. The number of hydrogen-bond donors (Lipinski definition) is 2. The molecule has 0 unspecified atom stereocenters. The lowest BCUT2D eigenvalue weighted by Crippen LogP contribution is -2.14. The molecule has 2 heterocycles. The van der Waals surface area contributed by atoms with Crippen LogP contribution in [0.1, 0.15) is 11.1 Å². The molecule has 314 valence electrons. The first-order chi connectivity index (χ1) is 29.6. The van der Waals surface area contributed by atoms with Crippen LogP contribution in [0.2, 0.25) is 0 Å². The molecule has 2 N–H and O–H groups in total. The van der Waals surface area contributed by atoms with Gasteiger partial charge in [-0.15, -0.1) is 30.7 Å². The zero-order valence-electron chi connectivity index (χ0n) is 31.9. The third-order valence-corrected chi connectivity index (χ3v) is 14.7. The molecule has 0 spiro atoms. The molecule has 16 nitrogen and oxygen atoms in total. The molecule has 0 aliphatic rings. The van der Waals surface area contributed by atoms with Gasteiger partial charge in [0.05, 0.1) is 27.8 Å². The molecule has 2 aromatic heterocycles. The summed E-state index contributed by atoms with van der Waals surface area (Å²) in [5.74, 6) is -0.763. The van der Waals surface area contributed by atoms with E-state index in [2.05, 4.69) is 19.6 Å².